The topological polar surface area (TPSA) is 121 Å². The van der Waals surface area contributed by atoms with E-state index in [1.807, 2.05) is 36.4 Å². The molecule has 2 fully saturated rings. The lowest BCUT2D eigenvalue weighted by Crippen LogP contribution is -2.60. The summed E-state index contributed by atoms with van der Waals surface area (Å²) in [5.41, 5.74) is 5.48. The van der Waals surface area contributed by atoms with Crippen LogP contribution in [-0.2, 0) is 25.5 Å². The Balaban J connectivity index is 1.33. The number of esters is 2. The molecular weight excluding hydrogens is 426 g/mol. The zero-order chi connectivity index (χ0) is 23.5. The van der Waals surface area contributed by atoms with Crippen molar-refractivity contribution in [2.24, 2.45) is 11.7 Å². The lowest BCUT2D eigenvalue weighted by Gasteiger charge is -2.34. The standard InChI is InChI=1S/C25H31NO7/c1-24(26,25(29)32-22(27)23(28)33-25)14-12-19-10-11-21(31-19)18-8-5-9-20(16-18)30-15-13-17-6-3-2-4-7-17/h5,8-11,16-17,29H,2-4,6-7,12-15,26H2,1H3/t24-/m1/s1. The average Bonchev–Trinajstić information content (AvgIpc) is 3.38. The number of nitrogens with two attached hydrogens (primary N) is 1. The molecule has 2 aromatic rings. The number of rotatable bonds is 9. The molecular formula is C25H31NO7. The van der Waals surface area contributed by atoms with Gasteiger partial charge in [0.15, 0.2) is 0 Å². The first-order valence-corrected chi connectivity index (χ1v) is 11.6. The van der Waals surface area contributed by atoms with Crippen molar-refractivity contribution in [2.75, 3.05) is 6.61 Å². The molecule has 4 rings (SSSR count). The molecule has 1 saturated heterocycles. The van der Waals surface area contributed by atoms with Gasteiger partial charge in [0.2, 0.25) is 0 Å². The van der Waals surface area contributed by atoms with Crippen molar-refractivity contribution in [3.8, 4) is 17.1 Å². The number of furan rings is 1. The smallest absolute Gasteiger partial charge is 0.422 e. The molecule has 0 radical (unpaired) electrons. The number of aliphatic hydroxyl groups is 1. The van der Waals surface area contributed by atoms with E-state index in [-0.39, 0.29) is 6.42 Å². The van der Waals surface area contributed by atoms with E-state index in [1.165, 1.54) is 39.0 Å². The van der Waals surface area contributed by atoms with Crippen LogP contribution in [0.4, 0.5) is 0 Å². The number of cyclic esters (lactones) is 2. The molecule has 1 aliphatic carbocycles. The fourth-order valence-electron chi connectivity index (χ4n) is 4.36. The quantitative estimate of drug-likeness (QED) is 0.432. The first-order valence-electron chi connectivity index (χ1n) is 11.6. The van der Waals surface area contributed by atoms with Crippen LogP contribution < -0.4 is 10.5 Å². The highest BCUT2D eigenvalue weighted by Gasteiger charge is 2.58. The predicted octanol–water partition coefficient (Wildman–Crippen LogP) is 3.69. The molecule has 0 spiro atoms. The summed E-state index contributed by atoms with van der Waals surface area (Å²) < 4.78 is 21.2. The molecule has 1 aromatic carbocycles. The Morgan fingerprint density at radius 3 is 2.58 bits per heavy atom. The van der Waals surface area contributed by atoms with Gasteiger partial charge in [-0.3, -0.25) is 0 Å². The van der Waals surface area contributed by atoms with Gasteiger partial charge in [0, 0.05) is 12.0 Å². The maximum absolute atomic E-state index is 11.3. The van der Waals surface area contributed by atoms with Gasteiger partial charge in [-0.15, -0.1) is 0 Å². The fourth-order valence-corrected chi connectivity index (χ4v) is 4.36. The van der Waals surface area contributed by atoms with Crippen LogP contribution in [0.1, 0.15) is 57.6 Å². The Morgan fingerprint density at radius 1 is 1.12 bits per heavy atom. The summed E-state index contributed by atoms with van der Waals surface area (Å²) in [5, 5.41) is 10.4. The minimum Gasteiger partial charge on any atom is -0.494 e. The van der Waals surface area contributed by atoms with Crippen LogP contribution in [0.15, 0.2) is 40.8 Å². The number of benzene rings is 1. The molecule has 8 nitrogen and oxygen atoms in total. The maximum Gasteiger partial charge on any atom is 0.422 e. The normalized spacial score (nSPS) is 20.2. The Kier molecular flexibility index (Phi) is 6.76. The number of hydrogen-bond donors (Lipinski definition) is 2. The van der Waals surface area contributed by atoms with E-state index in [0.29, 0.717) is 24.5 Å². The number of hydrogen-bond acceptors (Lipinski definition) is 8. The number of carbonyl (C=O) groups excluding carboxylic acids is 2. The van der Waals surface area contributed by atoms with Gasteiger partial charge in [-0.25, -0.2) is 9.59 Å². The molecule has 8 heteroatoms. The molecule has 1 atom stereocenters. The summed E-state index contributed by atoms with van der Waals surface area (Å²) in [7, 11) is 0. The van der Waals surface area contributed by atoms with E-state index in [0.717, 1.165) is 23.7 Å². The van der Waals surface area contributed by atoms with E-state index in [1.54, 1.807) is 0 Å². The molecule has 0 bridgehead atoms. The van der Waals surface area contributed by atoms with E-state index in [2.05, 4.69) is 9.47 Å². The van der Waals surface area contributed by atoms with E-state index < -0.39 is 23.5 Å². The molecule has 2 heterocycles. The molecule has 0 amide bonds. The van der Waals surface area contributed by atoms with Gasteiger partial charge >= 0.3 is 17.9 Å². The SMILES string of the molecule is C[C@@](N)(CCc1ccc(-c2cccc(OCCC3CCCCC3)c2)o1)C1(O)OC(=O)C(=O)O1. The first kappa shape index (κ1) is 23.3. The molecule has 3 N–H and O–H groups in total. The van der Waals surface area contributed by atoms with Crippen molar-refractivity contribution in [3.63, 3.8) is 0 Å². The summed E-state index contributed by atoms with van der Waals surface area (Å²) in [6, 6.07) is 11.5. The molecule has 1 aromatic heterocycles. The maximum atomic E-state index is 11.3. The highest BCUT2D eigenvalue weighted by Crippen LogP contribution is 2.33. The highest BCUT2D eigenvalue weighted by molar-refractivity contribution is 6.31. The summed E-state index contributed by atoms with van der Waals surface area (Å²) in [5.74, 6) is -2.14. The molecule has 1 aliphatic heterocycles. The van der Waals surface area contributed by atoms with E-state index in [9.17, 15) is 14.7 Å². The largest absolute Gasteiger partial charge is 0.494 e. The van der Waals surface area contributed by atoms with Gasteiger partial charge in [-0.1, -0.05) is 44.2 Å². The first-order chi connectivity index (χ1) is 15.8. The second-order valence-electron chi connectivity index (χ2n) is 9.21. The minimum absolute atomic E-state index is 0.140. The minimum atomic E-state index is -2.50. The lowest BCUT2D eigenvalue weighted by molar-refractivity contribution is -0.324. The third-order valence-corrected chi connectivity index (χ3v) is 6.54. The van der Waals surface area contributed by atoms with Gasteiger partial charge in [-0.05, 0) is 49.9 Å². The number of aryl methyl sites for hydroxylation is 1. The van der Waals surface area contributed by atoms with Crippen LogP contribution in [0.5, 0.6) is 5.75 Å². The van der Waals surface area contributed by atoms with Gasteiger partial charge < -0.3 is 29.5 Å². The Bertz CT molecular complexity index is 974. The average molecular weight is 458 g/mol. The van der Waals surface area contributed by atoms with Crippen LogP contribution in [0, 0.1) is 5.92 Å². The van der Waals surface area contributed by atoms with Crippen molar-refractivity contribution in [1.29, 1.82) is 0 Å². The van der Waals surface area contributed by atoms with Crippen molar-refractivity contribution < 1.29 is 33.3 Å². The molecule has 1 saturated carbocycles. The Labute approximate surface area is 193 Å². The molecule has 33 heavy (non-hydrogen) atoms. The second-order valence-corrected chi connectivity index (χ2v) is 9.21. The third-order valence-electron chi connectivity index (χ3n) is 6.54. The monoisotopic (exact) mass is 457 g/mol. The van der Waals surface area contributed by atoms with Gasteiger partial charge in [-0.2, -0.15) is 0 Å². The van der Waals surface area contributed by atoms with Gasteiger partial charge in [0.1, 0.15) is 22.8 Å². The van der Waals surface area contributed by atoms with Gasteiger partial charge in [0.05, 0.1) is 6.61 Å². The van der Waals surface area contributed by atoms with Crippen LogP contribution in [0.3, 0.4) is 0 Å². The second kappa shape index (κ2) is 9.57. The zero-order valence-corrected chi connectivity index (χ0v) is 18.9. The van der Waals surface area contributed by atoms with Crippen molar-refractivity contribution >= 4 is 11.9 Å². The zero-order valence-electron chi connectivity index (χ0n) is 18.9. The van der Waals surface area contributed by atoms with Crippen LogP contribution >= 0.6 is 0 Å². The summed E-state index contributed by atoms with van der Waals surface area (Å²) in [4.78, 5) is 22.6. The molecule has 2 aliphatic rings. The van der Waals surface area contributed by atoms with E-state index >= 15 is 0 Å². The van der Waals surface area contributed by atoms with Gasteiger partial charge in [0.25, 0.3) is 0 Å². The van der Waals surface area contributed by atoms with Crippen molar-refractivity contribution in [1.82, 2.24) is 0 Å². The fraction of sp³-hybridized carbons (Fsp3) is 0.520. The summed E-state index contributed by atoms with van der Waals surface area (Å²) >= 11 is 0. The van der Waals surface area contributed by atoms with Crippen LogP contribution in [0.25, 0.3) is 11.3 Å². The van der Waals surface area contributed by atoms with Crippen molar-refractivity contribution in [3.05, 3.63) is 42.2 Å². The Morgan fingerprint density at radius 2 is 1.85 bits per heavy atom. The Hall–Kier alpha value is -2.84. The van der Waals surface area contributed by atoms with Crippen LogP contribution in [0.2, 0.25) is 0 Å². The number of carbonyl (C=O) groups is 2. The molecule has 0 unspecified atom stereocenters. The third kappa shape index (κ3) is 5.39. The summed E-state index contributed by atoms with van der Waals surface area (Å²) in [6.45, 7) is 2.15. The van der Waals surface area contributed by atoms with E-state index in [4.69, 9.17) is 14.9 Å². The predicted molar refractivity (Wildman–Crippen MR) is 119 cm³/mol. The lowest BCUT2D eigenvalue weighted by atomic mass is 9.87. The van der Waals surface area contributed by atoms with Crippen molar-refractivity contribution in [2.45, 2.75) is 69.8 Å². The highest BCUT2D eigenvalue weighted by atomic mass is 16.9. The van der Waals surface area contributed by atoms with Crippen LogP contribution in [-0.4, -0.2) is 35.2 Å². The number of ether oxygens (including phenoxy) is 3. The molecule has 178 valence electrons. The summed E-state index contributed by atoms with van der Waals surface area (Å²) in [6.07, 6.45) is 8.20.